The van der Waals surface area contributed by atoms with Gasteiger partial charge in [-0.1, -0.05) is 24.3 Å². The zero-order valence-electron chi connectivity index (χ0n) is 20.4. The highest BCUT2D eigenvalue weighted by molar-refractivity contribution is 6.21. The monoisotopic (exact) mass is 561 g/mol. The topological polar surface area (TPSA) is 82.5 Å². The van der Waals surface area contributed by atoms with Crippen LogP contribution >= 0.6 is 11.6 Å². The molecule has 0 radical (unpaired) electrons. The Morgan fingerprint density at radius 1 is 1.13 bits per heavy atom. The second-order valence-corrected chi connectivity index (χ2v) is 10.4. The summed E-state index contributed by atoms with van der Waals surface area (Å²) in [4.78, 5) is 31.2. The van der Waals surface area contributed by atoms with E-state index in [1.165, 1.54) is 42.7 Å². The van der Waals surface area contributed by atoms with Crippen molar-refractivity contribution >= 4 is 29.1 Å². The molecular weight excluding hydrogens is 538 g/mol. The number of benzene rings is 2. The molecule has 1 aliphatic carbocycles. The van der Waals surface area contributed by atoms with Crippen LogP contribution in [0.4, 0.5) is 23.2 Å². The van der Waals surface area contributed by atoms with Crippen LogP contribution in [0.1, 0.15) is 34.3 Å². The molecule has 204 valence electrons. The summed E-state index contributed by atoms with van der Waals surface area (Å²) in [5.74, 6) is -4.99. The zero-order valence-corrected chi connectivity index (χ0v) is 21.2. The number of hydrogen-bond acceptors (Lipinski definition) is 4. The Kier molecular flexibility index (Phi) is 7.35. The summed E-state index contributed by atoms with van der Waals surface area (Å²) < 4.78 is 57.4. The van der Waals surface area contributed by atoms with E-state index in [4.69, 9.17) is 11.6 Å². The highest BCUT2D eigenvalue weighted by Gasteiger charge is 2.53. The highest BCUT2D eigenvalue weighted by Crippen LogP contribution is 2.47. The number of aliphatic hydroxyl groups is 1. The van der Waals surface area contributed by atoms with Gasteiger partial charge in [-0.15, -0.1) is 11.6 Å². The number of halogens is 5. The first-order chi connectivity index (χ1) is 18.6. The summed E-state index contributed by atoms with van der Waals surface area (Å²) in [5.41, 5.74) is -2.54. The van der Waals surface area contributed by atoms with Crippen LogP contribution in [0.5, 0.6) is 0 Å². The number of aromatic nitrogens is 1. The Labute approximate surface area is 226 Å². The standard InChI is InChI=1S/C28H24ClF4N3O3/c29-21-12-23(35-26(37)15-4-3-9-34-13-15)18(25(32)33)10-16(21)14-36-24-11-17(30)7-8-20(24)28(39,27(36)38)19-5-1-2-6-22(19)31/h1-9,11,13,16,18,21,23,25,39H,10,12,14H2,(H,35,37)/t16-,18-,21-,23-,28+/m1/s1. The Hall–Kier alpha value is -3.50. The molecule has 0 saturated heterocycles. The molecule has 2 N–H and O–H groups in total. The first-order valence-electron chi connectivity index (χ1n) is 12.3. The van der Waals surface area contributed by atoms with E-state index in [1.807, 2.05) is 0 Å². The lowest BCUT2D eigenvalue weighted by atomic mass is 9.77. The average molecular weight is 562 g/mol. The second kappa shape index (κ2) is 10.6. The minimum absolute atomic E-state index is 0.00946. The van der Waals surface area contributed by atoms with Gasteiger partial charge in [0.2, 0.25) is 6.43 Å². The van der Waals surface area contributed by atoms with Crippen LogP contribution in [0, 0.1) is 23.5 Å². The molecule has 3 aromatic rings. The van der Waals surface area contributed by atoms with Gasteiger partial charge in [-0.05, 0) is 49.1 Å². The second-order valence-electron chi connectivity index (χ2n) is 9.83. The number of rotatable bonds is 6. The molecule has 2 aliphatic rings. The lowest BCUT2D eigenvalue weighted by Crippen LogP contribution is -2.52. The minimum atomic E-state index is -2.80. The molecule has 2 heterocycles. The quantitative estimate of drug-likeness (QED) is 0.339. The van der Waals surface area contributed by atoms with Crippen molar-refractivity contribution in [1.29, 1.82) is 0 Å². The number of fused-ring (bicyclic) bond motifs is 1. The molecule has 39 heavy (non-hydrogen) atoms. The average Bonchev–Trinajstić information content (AvgIpc) is 3.12. The predicted octanol–water partition coefficient (Wildman–Crippen LogP) is 4.64. The third kappa shape index (κ3) is 4.87. The van der Waals surface area contributed by atoms with Crippen molar-refractivity contribution in [2.75, 3.05) is 11.4 Å². The Morgan fingerprint density at radius 3 is 2.59 bits per heavy atom. The number of pyridine rings is 1. The van der Waals surface area contributed by atoms with E-state index in [9.17, 15) is 32.3 Å². The summed E-state index contributed by atoms with van der Waals surface area (Å²) in [7, 11) is 0. The van der Waals surface area contributed by atoms with Crippen molar-refractivity contribution in [3.63, 3.8) is 0 Å². The van der Waals surface area contributed by atoms with Gasteiger partial charge in [-0.25, -0.2) is 17.6 Å². The Bertz CT molecular complexity index is 1400. The Balaban J connectivity index is 1.41. The van der Waals surface area contributed by atoms with Crippen LogP contribution in [0.2, 0.25) is 0 Å². The number of anilines is 1. The van der Waals surface area contributed by atoms with Crippen LogP contribution in [0.3, 0.4) is 0 Å². The van der Waals surface area contributed by atoms with Gasteiger partial charge in [0.1, 0.15) is 11.6 Å². The van der Waals surface area contributed by atoms with Gasteiger partial charge in [0.15, 0.2) is 5.60 Å². The third-order valence-corrected chi connectivity index (χ3v) is 8.06. The van der Waals surface area contributed by atoms with E-state index in [0.717, 1.165) is 23.1 Å². The van der Waals surface area contributed by atoms with Crippen molar-refractivity contribution in [1.82, 2.24) is 10.3 Å². The summed E-state index contributed by atoms with van der Waals surface area (Å²) in [6.45, 7) is -0.216. The van der Waals surface area contributed by atoms with Gasteiger partial charge in [0.05, 0.1) is 11.3 Å². The maximum Gasteiger partial charge on any atom is 0.268 e. The molecular formula is C28H24ClF4N3O3. The molecule has 5 atom stereocenters. The van der Waals surface area contributed by atoms with Crippen molar-refractivity contribution in [3.05, 3.63) is 95.3 Å². The number of nitrogens with zero attached hydrogens (tertiary/aromatic N) is 2. The SMILES string of the molecule is O=C(N[C@@H]1C[C@@H](Cl)[C@@H](CN2C(=O)[C@](O)(c3ccccc3F)c3ccc(F)cc32)C[C@H]1C(F)F)c1cccnc1. The van der Waals surface area contributed by atoms with Crippen molar-refractivity contribution < 1.29 is 32.3 Å². The van der Waals surface area contributed by atoms with Crippen LogP contribution in [-0.2, 0) is 10.4 Å². The van der Waals surface area contributed by atoms with Gasteiger partial charge in [0, 0.05) is 47.4 Å². The number of amides is 2. The molecule has 1 aliphatic heterocycles. The fourth-order valence-electron chi connectivity index (χ4n) is 5.54. The molecule has 11 heteroatoms. The third-order valence-electron chi connectivity index (χ3n) is 7.52. The van der Waals surface area contributed by atoms with E-state index >= 15 is 0 Å². The first kappa shape index (κ1) is 27.1. The van der Waals surface area contributed by atoms with Crippen molar-refractivity contribution in [2.45, 2.75) is 36.3 Å². The van der Waals surface area contributed by atoms with Crippen LogP contribution in [0.15, 0.2) is 67.0 Å². The number of nitrogens with one attached hydrogen (secondary N) is 1. The molecule has 1 fully saturated rings. The molecule has 5 rings (SSSR count). The molecule has 0 spiro atoms. The summed E-state index contributed by atoms with van der Waals surface area (Å²) in [6.07, 6.45) is -0.164. The lowest BCUT2D eigenvalue weighted by molar-refractivity contribution is -0.132. The van der Waals surface area contributed by atoms with Gasteiger partial charge >= 0.3 is 0 Å². The molecule has 2 amide bonds. The molecule has 0 bridgehead atoms. The fourth-order valence-corrected chi connectivity index (χ4v) is 5.91. The summed E-state index contributed by atoms with van der Waals surface area (Å²) >= 11 is 6.63. The first-order valence-corrected chi connectivity index (χ1v) is 12.8. The molecule has 2 aromatic carbocycles. The molecule has 6 nitrogen and oxygen atoms in total. The van der Waals surface area contributed by atoms with E-state index in [1.54, 1.807) is 6.07 Å². The smallest absolute Gasteiger partial charge is 0.268 e. The normalized spacial score (nSPS) is 26.5. The number of carbonyl (C=O) groups excluding carboxylic acids is 2. The number of carbonyl (C=O) groups is 2. The number of alkyl halides is 3. The van der Waals surface area contributed by atoms with E-state index in [-0.39, 0.29) is 41.8 Å². The maximum atomic E-state index is 14.7. The van der Waals surface area contributed by atoms with Crippen LogP contribution in [-0.4, -0.2) is 46.3 Å². The zero-order chi connectivity index (χ0) is 27.9. The largest absolute Gasteiger partial charge is 0.372 e. The van der Waals surface area contributed by atoms with E-state index < -0.39 is 58.7 Å². The Morgan fingerprint density at radius 2 is 1.90 bits per heavy atom. The number of hydrogen-bond donors (Lipinski definition) is 2. The van der Waals surface area contributed by atoms with Gasteiger partial charge in [-0.2, -0.15) is 0 Å². The van der Waals surface area contributed by atoms with E-state index in [0.29, 0.717) is 0 Å². The van der Waals surface area contributed by atoms with Gasteiger partial charge in [-0.3, -0.25) is 14.6 Å². The maximum absolute atomic E-state index is 14.7. The fraction of sp³-hybridized carbons (Fsp3) is 0.321. The minimum Gasteiger partial charge on any atom is -0.372 e. The summed E-state index contributed by atoms with van der Waals surface area (Å²) in [6, 6.07) is 10.6. The molecule has 0 unspecified atom stereocenters. The van der Waals surface area contributed by atoms with Crippen molar-refractivity contribution in [2.24, 2.45) is 11.8 Å². The molecule has 1 saturated carbocycles. The van der Waals surface area contributed by atoms with Crippen LogP contribution in [0.25, 0.3) is 0 Å². The van der Waals surface area contributed by atoms with E-state index in [2.05, 4.69) is 10.3 Å². The van der Waals surface area contributed by atoms with Crippen LogP contribution < -0.4 is 10.2 Å². The predicted molar refractivity (Wildman–Crippen MR) is 136 cm³/mol. The summed E-state index contributed by atoms with van der Waals surface area (Å²) in [5, 5.41) is 13.4. The van der Waals surface area contributed by atoms with Gasteiger partial charge < -0.3 is 15.3 Å². The lowest BCUT2D eigenvalue weighted by Gasteiger charge is -2.40. The molecule has 1 aromatic heterocycles. The highest BCUT2D eigenvalue weighted by atomic mass is 35.5. The van der Waals surface area contributed by atoms with Crippen molar-refractivity contribution in [3.8, 4) is 0 Å². The van der Waals surface area contributed by atoms with Gasteiger partial charge in [0.25, 0.3) is 11.8 Å².